The number of carbonyl (C=O) groups excluding carboxylic acids is 1. The monoisotopic (exact) mass is 355 g/mol. The molecule has 0 unspecified atom stereocenters. The second-order valence-corrected chi connectivity index (χ2v) is 6.95. The third kappa shape index (κ3) is 4.22. The predicted octanol–water partition coefficient (Wildman–Crippen LogP) is 3.47. The second-order valence-electron chi connectivity index (χ2n) is 6.95. The Balaban J connectivity index is 1.82. The van der Waals surface area contributed by atoms with Crippen LogP contribution in [0.3, 0.4) is 0 Å². The van der Waals surface area contributed by atoms with E-state index in [1.807, 2.05) is 18.0 Å². The first-order valence-corrected chi connectivity index (χ1v) is 9.14. The van der Waals surface area contributed by atoms with E-state index >= 15 is 0 Å². The minimum absolute atomic E-state index is 0.324. The normalized spacial score (nSPS) is 15.9. The molecular weight excluding hydrogens is 329 g/mol. The summed E-state index contributed by atoms with van der Waals surface area (Å²) in [6, 6.07) is 13.7. The summed E-state index contributed by atoms with van der Waals surface area (Å²) in [6.07, 6.45) is 3.71. The molecule has 3 rings (SSSR count). The Morgan fingerprint density at radius 3 is 2.42 bits per heavy atom. The van der Waals surface area contributed by atoms with Gasteiger partial charge in [0.15, 0.2) is 0 Å². The van der Waals surface area contributed by atoms with Gasteiger partial charge in [0.1, 0.15) is 11.9 Å². The van der Waals surface area contributed by atoms with Gasteiger partial charge >= 0.3 is 0 Å². The van der Waals surface area contributed by atoms with Crippen molar-refractivity contribution in [1.29, 1.82) is 0 Å². The summed E-state index contributed by atoms with van der Waals surface area (Å²) in [6.45, 7) is 2.73. The van der Waals surface area contributed by atoms with Gasteiger partial charge in [-0.25, -0.2) is 4.39 Å². The molecule has 0 bridgehead atoms. The first-order valence-electron chi connectivity index (χ1n) is 9.14. The molecule has 1 amide bonds. The van der Waals surface area contributed by atoms with Crippen molar-refractivity contribution < 1.29 is 9.18 Å². The molecule has 1 aliphatic rings. The minimum atomic E-state index is -0.593. The average molecular weight is 355 g/mol. The number of halogens is 1. The van der Waals surface area contributed by atoms with Crippen LogP contribution in [0, 0.1) is 5.82 Å². The lowest BCUT2D eigenvalue weighted by molar-refractivity contribution is -0.123. The van der Waals surface area contributed by atoms with Crippen molar-refractivity contribution >= 4 is 11.6 Å². The van der Waals surface area contributed by atoms with Gasteiger partial charge in [0.05, 0.1) is 0 Å². The molecule has 1 heterocycles. The van der Waals surface area contributed by atoms with Crippen LogP contribution < -0.4 is 10.6 Å². The van der Waals surface area contributed by atoms with Gasteiger partial charge in [0.2, 0.25) is 5.91 Å². The van der Waals surface area contributed by atoms with Crippen molar-refractivity contribution in [1.82, 2.24) is 4.90 Å². The fourth-order valence-corrected chi connectivity index (χ4v) is 3.73. The van der Waals surface area contributed by atoms with Crippen LogP contribution in [0.15, 0.2) is 48.5 Å². The number of amides is 1. The molecule has 0 aliphatic carbocycles. The van der Waals surface area contributed by atoms with E-state index in [4.69, 9.17) is 5.73 Å². The summed E-state index contributed by atoms with van der Waals surface area (Å²) in [5.41, 5.74) is 8.76. The molecule has 0 radical (unpaired) electrons. The zero-order valence-corrected chi connectivity index (χ0v) is 15.2. The highest BCUT2D eigenvalue weighted by molar-refractivity contribution is 5.81. The Kier molecular flexibility index (Phi) is 5.89. The lowest BCUT2D eigenvalue weighted by Gasteiger charge is -2.32. The number of anilines is 1. The van der Waals surface area contributed by atoms with Crippen LogP contribution in [0.4, 0.5) is 10.1 Å². The molecule has 1 saturated heterocycles. The molecule has 2 N–H and O–H groups in total. The zero-order valence-electron chi connectivity index (χ0n) is 15.2. The molecule has 26 heavy (non-hydrogen) atoms. The highest BCUT2D eigenvalue weighted by atomic mass is 19.1. The summed E-state index contributed by atoms with van der Waals surface area (Å²) in [5, 5.41) is 0. The Morgan fingerprint density at radius 2 is 1.77 bits per heavy atom. The van der Waals surface area contributed by atoms with Crippen LogP contribution in [-0.2, 0) is 11.3 Å². The molecule has 0 spiro atoms. The van der Waals surface area contributed by atoms with Gasteiger partial charge in [-0.15, -0.1) is 0 Å². The van der Waals surface area contributed by atoms with E-state index in [0.29, 0.717) is 12.1 Å². The number of nitrogens with zero attached hydrogens (tertiary/aromatic N) is 2. The molecule has 2 aromatic rings. The van der Waals surface area contributed by atoms with Crippen molar-refractivity contribution in [2.24, 2.45) is 5.73 Å². The van der Waals surface area contributed by atoms with Gasteiger partial charge in [-0.1, -0.05) is 30.3 Å². The number of benzene rings is 2. The summed E-state index contributed by atoms with van der Waals surface area (Å²) in [5.74, 6) is -0.760. The number of primary amides is 1. The molecule has 5 heteroatoms. The molecule has 0 saturated carbocycles. The lowest BCUT2D eigenvalue weighted by atomic mass is 10.0. The van der Waals surface area contributed by atoms with Crippen molar-refractivity contribution in [2.75, 3.05) is 25.0 Å². The topological polar surface area (TPSA) is 49.6 Å². The Hall–Kier alpha value is -2.40. The largest absolute Gasteiger partial charge is 0.371 e. The smallest absolute Gasteiger partial charge is 0.239 e. The summed E-state index contributed by atoms with van der Waals surface area (Å²) < 4.78 is 13.2. The predicted molar refractivity (Wildman–Crippen MR) is 102 cm³/mol. The fourth-order valence-electron chi connectivity index (χ4n) is 3.73. The Morgan fingerprint density at radius 1 is 1.12 bits per heavy atom. The van der Waals surface area contributed by atoms with Gasteiger partial charge in [0.25, 0.3) is 0 Å². The maximum Gasteiger partial charge on any atom is 0.239 e. The van der Waals surface area contributed by atoms with Crippen molar-refractivity contribution in [2.45, 2.75) is 31.8 Å². The van der Waals surface area contributed by atoms with Gasteiger partial charge in [0, 0.05) is 25.3 Å². The number of carbonyl (C=O) groups is 1. The number of rotatable bonds is 6. The zero-order chi connectivity index (χ0) is 18.5. The number of likely N-dealkylation sites (N-methyl/N-ethyl adjacent to an activating group) is 1. The summed E-state index contributed by atoms with van der Waals surface area (Å²) in [7, 11) is 1.88. The van der Waals surface area contributed by atoms with Crippen molar-refractivity contribution in [3.63, 3.8) is 0 Å². The van der Waals surface area contributed by atoms with E-state index in [0.717, 1.165) is 13.1 Å². The fraction of sp³-hybridized carbons (Fsp3) is 0.381. The highest BCUT2D eigenvalue weighted by Gasteiger charge is 2.24. The number of para-hydroxylation sites is 1. The van der Waals surface area contributed by atoms with E-state index in [1.165, 1.54) is 42.6 Å². The van der Waals surface area contributed by atoms with Gasteiger partial charge < -0.3 is 10.6 Å². The molecule has 138 valence electrons. The quantitative estimate of drug-likeness (QED) is 0.863. The highest BCUT2D eigenvalue weighted by Crippen LogP contribution is 2.28. The van der Waals surface area contributed by atoms with Crippen LogP contribution >= 0.6 is 0 Å². The van der Waals surface area contributed by atoms with Gasteiger partial charge in [-0.05, 0) is 55.6 Å². The van der Waals surface area contributed by atoms with Crippen LogP contribution in [0.25, 0.3) is 0 Å². The number of nitrogens with two attached hydrogens (primary N) is 1. The van der Waals surface area contributed by atoms with E-state index in [-0.39, 0.29) is 5.82 Å². The van der Waals surface area contributed by atoms with Crippen LogP contribution in [0.2, 0.25) is 0 Å². The van der Waals surface area contributed by atoms with Crippen molar-refractivity contribution in [3.05, 3.63) is 65.5 Å². The van der Waals surface area contributed by atoms with Crippen LogP contribution in [0.1, 0.15) is 36.4 Å². The standard InChI is InChI=1S/C21H26FN3O/c1-24(20(21(23)26)16-9-11-18(22)12-10-16)15-17-7-3-4-8-19(17)25-13-5-2-6-14-25/h3-4,7-12,20H,2,5-6,13-15H2,1H3,(H2,23,26)/t20-/m0/s1. The third-order valence-electron chi connectivity index (χ3n) is 5.00. The van der Waals surface area contributed by atoms with Gasteiger partial charge in [-0.2, -0.15) is 0 Å². The van der Waals surface area contributed by atoms with E-state index < -0.39 is 11.9 Å². The minimum Gasteiger partial charge on any atom is -0.371 e. The maximum absolute atomic E-state index is 13.2. The van der Waals surface area contributed by atoms with Crippen LogP contribution in [0.5, 0.6) is 0 Å². The van der Waals surface area contributed by atoms with Crippen molar-refractivity contribution in [3.8, 4) is 0 Å². The Bertz CT molecular complexity index is 741. The molecule has 0 aromatic heterocycles. The van der Waals surface area contributed by atoms with Gasteiger partial charge in [-0.3, -0.25) is 9.69 Å². The first kappa shape index (κ1) is 18.4. The molecule has 4 nitrogen and oxygen atoms in total. The van der Waals surface area contributed by atoms with E-state index in [9.17, 15) is 9.18 Å². The maximum atomic E-state index is 13.2. The summed E-state index contributed by atoms with van der Waals surface area (Å²) >= 11 is 0. The second kappa shape index (κ2) is 8.32. The first-order chi connectivity index (χ1) is 12.6. The molecule has 1 fully saturated rings. The average Bonchev–Trinajstić information content (AvgIpc) is 2.64. The lowest BCUT2D eigenvalue weighted by Crippen LogP contribution is -2.36. The number of hydrogen-bond acceptors (Lipinski definition) is 3. The Labute approximate surface area is 154 Å². The third-order valence-corrected chi connectivity index (χ3v) is 5.00. The molecule has 1 aliphatic heterocycles. The van der Waals surface area contributed by atoms with Crippen LogP contribution in [-0.4, -0.2) is 30.9 Å². The van der Waals surface area contributed by atoms with E-state index in [1.54, 1.807) is 12.1 Å². The van der Waals surface area contributed by atoms with E-state index in [2.05, 4.69) is 23.1 Å². The molecular formula is C21H26FN3O. The summed E-state index contributed by atoms with van der Waals surface area (Å²) in [4.78, 5) is 16.4. The number of hydrogen-bond donors (Lipinski definition) is 1. The SMILES string of the molecule is CN(Cc1ccccc1N1CCCCC1)[C@H](C(N)=O)c1ccc(F)cc1. The molecule has 2 aromatic carbocycles. The number of piperidine rings is 1. The molecule has 1 atom stereocenters.